The zero-order valence-electron chi connectivity index (χ0n) is 15.9. The van der Waals surface area contributed by atoms with E-state index < -0.39 is 0 Å². The van der Waals surface area contributed by atoms with Crippen LogP contribution in [0.1, 0.15) is 40.6 Å². The number of fused-ring (bicyclic) bond motifs is 1. The lowest BCUT2D eigenvalue weighted by molar-refractivity contribution is 0.0730. The van der Waals surface area contributed by atoms with E-state index in [1.807, 2.05) is 54.3 Å². The number of pyridine rings is 2. The average molecular weight is 385 g/mol. The van der Waals surface area contributed by atoms with Crippen LogP contribution in [0, 0.1) is 6.92 Å². The van der Waals surface area contributed by atoms with E-state index in [9.17, 15) is 4.79 Å². The number of benzene rings is 1. The predicted molar refractivity (Wildman–Crippen MR) is 107 cm³/mol. The zero-order valence-corrected chi connectivity index (χ0v) is 15.9. The Morgan fingerprint density at radius 1 is 1.07 bits per heavy atom. The Hall–Kier alpha value is -3.61. The van der Waals surface area contributed by atoms with E-state index in [2.05, 4.69) is 20.3 Å². The lowest BCUT2D eigenvalue weighted by atomic mass is 10.0. The number of aromatic nitrogens is 4. The Kier molecular flexibility index (Phi) is 4.27. The van der Waals surface area contributed by atoms with Crippen LogP contribution in [0.4, 0.5) is 0 Å². The number of carbonyl (C=O) groups excluding carboxylic acids is 1. The van der Waals surface area contributed by atoms with Crippen molar-refractivity contribution in [2.45, 2.75) is 25.8 Å². The number of nitrogens with zero attached hydrogens (tertiary/aromatic N) is 5. The molecule has 0 radical (unpaired) electrons. The van der Waals surface area contributed by atoms with Gasteiger partial charge in [0.2, 0.25) is 0 Å². The van der Waals surface area contributed by atoms with E-state index in [1.165, 1.54) is 0 Å². The molecule has 29 heavy (non-hydrogen) atoms. The molecular weight excluding hydrogens is 366 g/mol. The number of hydrogen-bond acceptors (Lipinski definition) is 6. The minimum absolute atomic E-state index is 0.00556. The van der Waals surface area contributed by atoms with E-state index in [-0.39, 0.29) is 11.9 Å². The summed E-state index contributed by atoms with van der Waals surface area (Å²) in [7, 11) is 0. The predicted octanol–water partition coefficient (Wildman–Crippen LogP) is 3.97. The van der Waals surface area contributed by atoms with Gasteiger partial charge in [-0.1, -0.05) is 22.4 Å². The summed E-state index contributed by atoms with van der Waals surface area (Å²) in [6.07, 6.45) is 5.33. The molecule has 1 aliphatic rings. The van der Waals surface area contributed by atoms with Gasteiger partial charge >= 0.3 is 0 Å². The van der Waals surface area contributed by atoms with Gasteiger partial charge in [-0.15, -0.1) is 0 Å². The highest BCUT2D eigenvalue weighted by Crippen LogP contribution is 2.33. The molecule has 1 saturated heterocycles. The fourth-order valence-electron chi connectivity index (χ4n) is 4.00. The number of carbonyl (C=O) groups is 1. The molecule has 1 aromatic carbocycles. The molecule has 3 aromatic heterocycles. The minimum atomic E-state index is -0.0840. The molecule has 7 heteroatoms. The Morgan fingerprint density at radius 3 is 2.72 bits per heavy atom. The summed E-state index contributed by atoms with van der Waals surface area (Å²) in [5.41, 5.74) is 4.84. The van der Waals surface area contributed by atoms with Gasteiger partial charge in [-0.2, -0.15) is 0 Å². The molecule has 0 spiro atoms. The SMILES string of the molecule is Cc1nonc1C1CCCN1C(=O)c1ccc(-c2nccc3ncccc23)cc1. The Balaban J connectivity index is 1.44. The van der Waals surface area contributed by atoms with E-state index >= 15 is 0 Å². The first-order valence-electron chi connectivity index (χ1n) is 9.62. The van der Waals surface area contributed by atoms with Crippen LogP contribution in [-0.2, 0) is 0 Å². The van der Waals surface area contributed by atoms with Crippen LogP contribution in [-0.4, -0.2) is 37.6 Å². The van der Waals surface area contributed by atoms with Crippen molar-refractivity contribution < 1.29 is 9.42 Å². The van der Waals surface area contributed by atoms with Gasteiger partial charge in [0.05, 0.1) is 17.3 Å². The normalized spacial score (nSPS) is 16.4. The van der Waals surface area contributed by atoms with Crippen molar-refractivity contribution in [3.63, 3.8) is 0 Å². The maximum Gasteiger partial charge on any atom is 0.254 e. The molecule has 144 valence electrons. The summed E-state index contributed by atoms with van der Waals surface area (Å²) in [6, 6.07) is 13.3. The second-order valence-electron chi connectivity index (χ2n) is 7.20. The third kappa shape index (κ3) is 3.04. The van der Waals surface area contributed by atoms with E-state index in [4.69, 9.17) is 4.63 Å². The van der Waals surface area contributed by atoms with Gasteiger partial charge in [-0.3, -0.25) is 14.8 Å². The Bertz CT molecular complexity index is 1180. The average Bonchev–Trinajstić information content (AvgIpc) is 3.41. The van der Waals surface area contributed by atoms with Gasteiger partial charge in [0.25, 0.3) is 5.91 Å². The van der Waals surface area contributed by atoms with Crippen molar-refractivity contribution in [1.82, 2.24) is 25.2 Å². The van der Waals surface area contributed by atoms with Gasteiger partial charge < -0.3 is 4.90 Å². The molecule has 1 unspecified atom stereocenters. The third-order valence-electron chi connectivity index (χ3n) is 5.45. The van der Waals surface area contributed by atoms with E-state index in [0.717, 1.165) is 46.4 Å². The quantitative estimate of drug-likeness (QED) is 0.531. The van der Waals surface area contributed by atoms with Crippen LogP contribution in [0.2, 0.25) is 0 Å². The van der Waals surface area contributed by atoms with Crippen molar-refractivity contribution in [3.8, 4) is 11.3 Å². The maximum absolute atomic E-state index is 13.1. The molecule has 0 N–H and O–H groups in total. The van der Waals surface area contributed by atoms with Crippen LogP contribution >= 0.6 is 0 Å². The van der Waals surface area contributed by atoms with Crippen molar-refractivity contribution in [1.29, 1.82) is 0 Å². The lowest BCUT2D eigenvalue weighted by Gasteiger charge is -2.23. The molecule has 4 heterocycles. The fourth-order valence-corrected chi connectivity index (χ4v) is 4.00. The highest BCUT2D eigenvalue weighted by molar-refractivity contribution is 5.96. The van der Waals surface area contributed by atoms with Crippen LogP contribution in [0.3, 0.4) is 0 Å². The van der Waals surface area contributed by atoms with Crippen LogP contribution in [0.25, 0.3) is 22.2 Å². The summed E-state index contributed by atoms with van der Waals surface area (Å²) in [4.78, 5) is 23.9. The van der Waals surface area contributed by atoms with Crippen LogP contribution < -0.4 is 0 Å². The number of hydrogen-bond donors (Lipinski definition) is 0. The van der Waals surface area contributed by atoms with E-state index in [0.29, 0.717) is 12.1 Å². The summed E-state index contributed by atoms with van der Waals surface area (Å²) in [5, 5.41) is 8.86. The minimum Gasteiger partial charge on any atom is -0.330 e. The number of aryl methyl sites for hydroxylation is 1. The van der Waals surface area contributed by atoms with Crippen LogP contribution in [0.5, 0.6) is 0 Å². The first-order chi connectivity index (χ1) is 14.2. The molecular formula is C22H19N5O2. The van der Waals surface area contributed by atoms with Gasteiger partial charge in [0, 0.05) is 35.5 Å². The molecule has 1 aliphatic heterocycles. The summed E-state index contributed by atoms with van der Waals surface area (Å²) in [6.45, 7) is 2.56. The Morgan fingerprint density at radius 2 is 1.93 bits per heavy atom. The summed E-state index contributed by atoms with van der Waals surface area (Å²) in [5.74, 6) is -0.00556. The molecule has 1 amide bonds. The van der Waals surface area contributed by atoms with Crippen LogP contribution in [0.15, 0.2) is 59.5 Å². The molecule has 0 bridgehead atoms. The lowest BCUT2D eigenvalue weighted by Crippen LogP contribution is -2.31. The monoisotopic (exact) mass is 385 g/mol. The van der Waals surface area contributed by atoms with Crippen molar-refractivity contribution in [2.24, 2.45) is 0 Å². The highest BCUT2D eigenvalue weighted by atomic mass is 16.6. The second kappa shape index (κ2) is 7.09. The highest BCUT2D eigenvalue weighted by Gasteiger charge is 2.34. The molecule has 4 aromatic rings. The standard InChI is InChI=1S/C22H19N5O2/c1-14-20(26-29-25-14)19-5-3-13-27(19)22(28)16-8-6-15(7-9-16)21-17-4-2-11-23-18(17)10-12-24-21/h2,4,6-12,19H,3,5,13H2,1H3. The van der Waals surface area contributed by atoms with Crippen molar-refractivity contribution in [3.05, 3.63) is 71.8 Å². The number of rotatable bonds is 3. The number of amides is 1. The van der Waals surface area contributed by atoms with Crippen molar-refractivity contribution in [2.75, 3.05) is 6.54 Å². The van der Waals surface area contributed by atoms with Gasteiger partial charge in [0.1, 0.15) is 11.4 Å². The smallest absolute Gasteiger partial charge is 0.254 e. The second-order valence-corrected chi connectivity index (χ2v) is 7.20. The molecule has 0 saturated carbocycles. The third-order valence-corrected chi connectivity index (χ3v) is 5.45. The molecule has 1 fully saturated rings. The largest absolute Gasteiger partial charge is 0.330 e. The molecule has 0 aliphatic carbocycles. The first kappa shape index (κ1) is 17.5. The van der Waals surface area contributed by atoms with E-state index in [1.54, 1.807) is 12.4 Å². The van der Waals surface area contributed by atoms with Gasteiger partial charge in [0.15, 0.2) is 0 Å². The van der Waals surface area contributed by atoms with Crippen molar-refractivity contribution >= 4 is 16.8 Å². The van der Waals surface area contributed by atoms with Gasteiger partial charge in [-0.05, 0) is 50.1 Å². The summed E-state index contributed by atoms with van der Waals surface area (Å²) < 4.78 is 4.84. The first-order valence-corrected chi connectivity index (χ1v) is 9.62. The number of likely N-dealkylation sites (tertiary alicyclic amines) is 1. The maximum atomic E-state index is 13.1. The zero-order chi connectivity index (χ0) is 19.8. The molecule has 5 rings (SSSR count). The summed E-state index contributed by atoms with van der Waals surface area (Å²) >= 11 is 0. The fraction of sp³-hybridized carbons (Fsp3) is 0.227. The molecule has 1 atom stereocenters. The Labute approximate surface area is 167 Å². The molecule has 7 nitrogen and oxygen atoms in total. The van der Waals surface area contributed by atoms with Gasteiger partial charge in [-0.25, -0.2) is 4.63 Å². The topological polar surface area (TPSA) is 85.0 Å².